The van der Waals surface area contributed by atoms with E-state index in [1.54, 1.807) is 0 Å². The van der Waals surface area contributed by atoms with Crippen molar-refractivity contribution in [2.75, 3.05) is 19.6 Å². The first-order valence-corrected chi connectivity index (χ1v) is 8.07. The van der Waals surface area contributed by atoms with Crippen LogP contribution in [0, 0.1) is 11.3 Å². The van der Waals surface area contributed by atoms with E-state index in [9.17, 15) is 0 Å². The lowest BCUT2D eigenvalue weighted by atomic mass is 10.1. The van der Waals surface area contributed by atoms with E-state index in [1.807, 2.05) is 37.6 Å². The number of hydrogen-bond donors (Lipinski definition) is 0. The average Bonchev–Trinajstić information content (AvgIpc) is 2.95. The molecule has 0 amide bonds. The second-order valence-corrected chi connectivity index (χ2v) is 6.32. The highest BCUT2D eigenvalue weighted by Gasteiger charge is 2.24. The number of aryl methyl sites for hydroxylation is 1. The van der Waals surface area contributed by atoms with Gasteiger partial charge >= 0.3 is 0 Å². The van der Waals surface area contributed by atoms with E-state index in [-0.39, 0.29) is 0 Å². The highest BCUT2D eigenvalue weighted by atomic mass is 15.3. The molecule has 0 bridgehead atoms. The topological polar surface area (TPSA) is 48.1 Å². The Hall–Kier alpha value is -2.16. The summed E-state index contributed by atoms with van der Waals surface area (Å²) in [5, 5.41) is 9.01. The maximum atomic E-state index is 9.01. The van der Waals surface area contributed by atoms with Gasteiger partial charge in [-0.15, -0.1) is 0 Å². The highest BCUT2D eigenvalue weighted by Crippen LogP contribution is 2.16. The summed E-state index contributed by atoms with van der Waals surface area (Å²) < 4.78 is 2.09. The number of rotatable bonds is 4. The molecular formula is C18H23N5. The summed E-state index contributed by atoms with van der Waals surface area (Å²) in [6.07, 6.45) is 3.86. The van der Waals surface area contributed by atoms with Gasteiger partial charge in [0.2, 0.25) is 0 Å². The lowest BCUT2D eigenvalue weighted by molar-refractivity contribution is 0.0707. The van der Waals surface area contributed by atoms with Crippen molar-refractivity contribution < 1.29 is 0 Å². The van der Waals surface area contributed by atoms with Crippen LogP contribution in [-0.2, 0) is 20.1 Å². The Bertz CT molecular complexity index is 699. The number of hydrogen-bond acceptors (Lipinski definition) is 4. The molecule has 3 rings (SSSR count). The van der Waals surface area contributed by atoms with E-state index < -0.39 is 0 Å². The molecule has 2 aromatic rings. The van der Waals surface area contributed by atoms with Crippen LogP contribution in [0.25, 0.3) is 0 Å². The quantitative estimate of drug-likeness (QED) is 0.867. The van der Waals surface area contributed by atoms with Crippen LogP contribution >= 0.6 is 0 Å². The molecule has 2 heterocycles. The summed E-state index contributed by atoms with van der Waals surface area (Å²) in [4.78, 5) is 9.39. The molecule has 0 aliphatic carbocycles. The van der Waals surface area contributed by atoms with Crippen LogP contribution in [0.5, 0.6) is 0 Å². The van der Waals surface area contributed by atoms with Crippen LogP contribution in [0.4, 0.5) is 0 Å². The van der Waals surface area contributed by atoms with E-state index in [0.717, 1.165) is 44.1 Å². The fourth-order valence-electron chi connectivity index (χ4n) is 3.18. The smallest absolute Gasteiger partial charge is 0.122 e. The lowest BCUT2D eigenvalue weighted by Crippen LogP contribution is -2.51. The summed E-state index contributed by atoms with van der Waals surface area (Å²) in [6, 6.07) is 10.6. The maximum Gasteiger partial charge on any atom is 0.122 e. The summed E-state index contributed by atoms with van der Waals surface area (Å²) >= 11 is 0. The van der Waals surface area contributed by atoms with Crippen LogP contribution in [0.15, 0.2) is 36.7 Å². The predicted octanol–water partition coefficient (Wildman–Crippen LogP) is 2.00. The zero-order valence-corrected chi connectivity index (χ0v) is 13.8. The van der Waals surface area contributed by atoms with Crippen molar-refractivity contribution in [1.29, 1.82) is 5.26 Å². The minimum absolute atomic E-state index is 0.500. The Morgan fingerprint density at radius 1 is 1.30 bits per heavy atom. The largest absolute Gasteiger partial charge is 0.337 e. The molecule has 5 nitrogen and oxygen atoms in total. The van der Waals surface area contributed by atoms with Gasteiger partial charge in [0.15, 0.2) is 0 Å². The molecule has 1 aromatic heterocycles. The van der Waals surface area contributed by atoms with Crippen LogP contribution in [0.1, 0.15) is 23.9 Å². The monoisotopic (exact) mass is 309 g/mol. The van der Waals surface area contributed by atoms with Crippen molar-refractivity contribution in [2.24, 2.45) is 7.05 Å². The van der Waals surface area contributed by atoms with E-state index in [2.05, 4.69) is 38.4 Å². The maximum absolute atomic E-state index is 9.01. The molecule has 5 heteroatoms. The van der Waals surface area contributed by atoms with E-state index in [1.165, 1.54) is 5.56 Å². The van der Waals surface area contributed by atoms with E-state index in [4.69, 9.17) is 5.26 Å². The predicted molar refractivity (Wildman–Crippen MR) is 89.5 cm³/mol. The highest BCUT2D eigenvalue weighted by molar-refractivity contribution is 5.32. The minimum Gasteiger partial charge on any atom is -0.337 e. The number of piperazine rings is 1. The van der Waals surface area contributed by atoms with Crippen LogP contribution in [-0.4, -0.2) is 45.0 Å². The first-order valence-electron chi connectivity index (χ1n) is 8.07. The van der Waals surface area contributed by atoms with Crippen LogP contribution in [0.2, 0.25) is 0 Å². The van der Waals surface area contributed by atoms with Gasteiger partial charge in [-0.05, 0) is 24.6 Å². The molecule has 1 atom stereocenters. The summed E-state index contributed by atoms with van der Waals surface area (Å²) in [7, 11) is 2.05. The van der Waals surface area contributed by atoms with Gasteiger partial charge in [0, 0.05) is 51.7 Å². The van der Waals surface area contributed by atoms with Gasteiger partial charge in [-0.3, -0.25) is 9.80 Å². The van der Waals surface area contributed by atoms with Crippen molar-refractivity contribution in [1.82, 2.24) is 19.4 Å². The minimum atomic E-state index is 0.500. The molecule has 1 aromatic carbocycles. The Morgan fingerprint density at radius 2 is 2.17 bits per heavy atom. The molecule has 0 unspecified atom stereocenters. The standard InChI is InChI=1S/C18H23N5/c1-15-12-22(13-17-5-3-4-16(10-17)11-19)8-9-23(15)14-18-20-6-7-21(18)2/h3-7,10,15H,8-9,12-14H2,1-2H3/t15-/m1/s1. The molecule has 0 N–H and O–H groups in total. The van der Waals surface area contributed by atoms with Gasteiger partial charge in [-0.25, -0.2) is 4.98 Å². The van der Waals surface area contributed by atoms with Crippen molar-refractivity contribution >= 4 is 0 Å². The molecule has 1 fully saturated rings. The number of imidazole rings is 1. The first kappa shape index (κ1) is 15.7. The van der Waals surface area contributed by atoms with Gasteiger partial charge < -0.3 is 4.57 Å². The van der Waals surface area contributed by atoms with Crippen molar-refractivity contribution in [3.8, 4) is 6.07 Å². The second kappa shape index (κ2) is 6.95. The Labute approximate surface area is 137 Å². The fraction of sp³-hybridized carbons (Fsp3) is 0.444. The van der Waals surface area contributed by atoms with Crippen molar-refractivity contribution in [3.63, 3.8) is 0 Å². The molecule has 120 valence electrons. The molecule has 1 aliphatic rings. The summed E-state index contributed by atoms with van der Waals surface area (Å²) in [5.74, 6) is 1.12. The number of aromatic nitrogens is 2. The molecule has 0 spiro atoms. The lowest BCUT2D eigenvalue weighted by Gasteiger charge is -2.39. The van der Waals surface area contributed by atoms with E-state index in [0.29, 0.717) is 6.04 Å². The number of nitrogens with zero attached hydrogens (tertiary/aromatic N) is 5. The summed E-state index contributed by atoms with van der Waals surface area (Å²) in [5.41, 5.74) is 1.96. The molecule has 23 heavy (non-hydrogen) atoms. The molecule has 1 saturated heterocycles. The molecule has 0 saturated carbocycles. The van der Waals surface area contributed by atoms with Gasteiger partial charge in [-0.2, -0.15) is 5.26 Å². The molecular weight excluding hydrogens is 286 g/mol. The van der Waals surface area contributed by atoms with Gasteiger partial charge in [0.25, 0.3) is 0 Å². The third-order valence-electron chi connectivity index (χ3n) is 4.58. The van der Waals surface area contributed by atoms with Gasteiger partial charge in [-0.1, -0.05) is 12.1 Å². The molecule has 0 radical (unpaired) electrons. The fourth-order valence-corrected chi connectivity index (χ4v) is 3.18. The second-order valence-electron chi connectivity index (χ2n) is 6.32. The normalized spacial score (nSPS) is 19.6. The SMILES string of the molecule is C[C@@H]1CN(Cc2cccc(C#N)c2)CCN1Cc1nccn1C. The van der Waals surface area contributed by atoms with Crippen molar-refractivity contribution in [2.45, 2.75) is 26.1 Å². The Morgan fingerprint density at radius 3 is 2.87 bits per heavy atom. The Kier molecular flexibility index (Phi) is 4.75. The van der Waals surface area contributed by atoms with Gasteiger partial charge in [0.1, 0.15) is 5.82 Å². The number of nitriles is 1. The number of benzene rings is 1. The van der Waals surface area contributed by atoms with Gasteiger partial charge in [0.05, 0.1) is 18.2 Å². The Balaban J connectivity index is 1.58. The zero-order chi connectivity index (χ0) is 16.2. The summed E-state index contributed by atoms with van der Waals surface area (Å²) in [6.45, 7) is 7.23. The third kappa shape index (κ3) is 3.79. The van der Waals surface area contributed by atoms with Crippen molar-refractivity contribution in [3.05, 3.63) is 53.6 Å². The third-order valence-corrected chi connectivity index (χ3v) is 4.58. The van der Waals surface area contributed by atoms with E-state index >= 15 is 0 Å². The molecule has 1 aliphatic heterocycles. The zero-order valence-electron chi connectivity index (χ0n) is 13.8. The van der Waals surface area contributed by atoms with Crippen LogP contribution < -0.4 is 0 Å². The van der Waals surface area contributed by atoms with Crippen LogP contribution in [0.3, 0.4) is 0 Å². The first-order chi connectivity index (χ1) is 11.2. The average molecular weight is 309 g/mol.